The number of methoxy groups -OCH3 is 3. The van der Waals surface area contributed by atoms with Gasteiger partial charge in [-0.2, -0.15) is 0 Å². The first-order valence-electron chi connectivity index (χ1n) is 9.23. The van der Waals surface area contributed by atoms with Crippen LogP contribution in [0.2, 0.25) is 0 Å². The minimum Gasteiger partial charge on any atom is -0.497 e. The smallest absolute Gasteiger partial charge is 0.288 e. The van der Waals surface area contributed by atoms with Gasteiger partial charge in [0.2, 0.25) is 0 Å². The van der Waals surface area contributed by atoms with E-state index in [1.165, 1.54) is 25.3 Å². The van der Waals surface area contributed by atoms with Crippen molar-refractivity contribution in [3.8, 4) is 17.4 Å². The van der Waals surface area contributed by atoms with Crippen LogP contribution in [0.3, 0.4) is 0 Å². The minimum absolute atomic E-state index is 0.105. The van der Waals surface area contributed by atoms with Crippen molar-refractivity contribution in [3.63, 3.8) is 0 Å². The van der Waals surface area contributed by atoms with Crippen LogP contribution in [0.1, 0.15) is 17.1 Å². The van der Waals surface area contributed by atoms with Crippen molar-refractivity contribution in [2.75, 3.05) is 21.3 Å². The zero-order valence-corrected chi connectivity index (χ0v) is 17.0. The van der Waals surface area contributed by atoms with Crippen LogP contribution in [0, 0.1) is 6.92 Å². The average molecular weight is 408 g/mol. The fourth-order valence-electron chi connectivity index (χ4n) is 3.62. The van der Waals surface area contributed by atoms with E-state index in [0.29, 0.717) is 44.9 Å². The van der Waals surface area contributed by atoms with E-state index in [9.17, 15) is 9.59 Å². The van der Waals surface area contributed by atoms with Crippen molar-refractivity contribution >= 4 is 21.7 Å². The largest absolute Gasteiger partial charge is 0.497 e. The Labute approximate surface area is 171 Å². The van der Waals surface area contributed by atoms with Crippen LogP contribution < -0.4 is 25.1 Å². The van der Waals surface area contributed by atoms with E-state index in [-0.39, 0.29) is 23.2 Å². The molecular weight excluding hydrogens is 388 g/mol. The molecule has 0 spiro atoms. The third-order valence-electron chi connectivity index (χ3n) is 4.87. The van der Waals surface area contributed by atoms with Crippen molar-refractivity contribution in [1.82, 2.24) is 0 Å². The number of hydrogen-bond donors (Lipinski definition) is 0. The molecule has 4 aromatic rings. The van der Waals surface area contributed by atoms with E-state index in [0.717, 1.165) is 5.39 Å². The normalized spacial score (nSPS) is 11.1. The van der Waals surface area contributed by atoms with E-state index in [1.54, 1.807) is 27.2 Å². The lowest BCUT2D eigenvalue weighted by atomic mass is 9.97. The molecule has 4 rings (SSSR count). The Hall–Kier alpha value is -3.74. The van der Waals surface area contributed by atoms with Gasteiger partial charge >= 0.3 is 0 Å². The first kappa shape index (κ1) is 19.6. The van der Waals surface area contributed by atoms with Gasteiger partial charge in [-0.1, -0.05) is 0 Å². The van der Waals surface area contributed by atoms with Gasteiger partial charge in [-0.15, -0.1) is 0 Å². The lowest BCUT2D eigenvalue weighted by Gasteiger charge is -2.14. The van der Waals surface area contributed by atoms with Crippen molar-refractivity contribution in [2.45, 2.75) is 13.3 Å². The molecule has 0 radical (unpaired) electrons. The van der Waals surface area contributed by atoms with Crippen LogP contribution in [0.25, 0.3) is 21.7 Å². The number of ether oxygens (including phenoxy) is 3. The second kappa shape index (κ2) is 7.59. The van der Waals surface area contributed by atoms with Crippen molar-refractivity contribution < 1.29 is 23.0 Å². The first-order valence-corrected chi connectivity index (χ1v) is 9.23. The van der Waals surface area contributed by atoms with Crippen LogP contribution >= 0.6 is 0 Å². The quantitative estimate of drug-likeness (QED) is 0.464. The van der Waals surface area contributed by atoms with Crippen LogP contribution in [-0.4, -0.2) is 21.3 Å². The van der Waals surface area contributed by atoms with Crippen LogP contribution in [0.15, 0.2) is 54.8 Å². The van der Waals surface area contributed by atoms with Gasteiger partial charge in [-0.3, -0.25) is 9.59 Å². The molecule has 7 heteroatoms. The zero-order valence-electron chi connectivity index (χ0n) is 17.0. The number of fused-ring (bicyclic) bond motifs is 3. The Morgan fingerprint density at radius 3 is 2.33 bits per heavy atom. The molecule has 0 atom stereocenters. The topological polar surface area (TPSA) is 88.1 Å². The highest BCUT2D eigenvalue weighted by molar-refractivity contribution is 6.09. The SMILES string of the molecule is COc1cc(OC)c2c(c1)cc(Cc1cc(=O)cc(OC)o1)c1c(=O)cc(C)oc12. The van der Waals surface area contributed by atoms with E-state index in [4.69, 9.17) is 23.0 Å². The summed E-state index contributed by atoms with van der Waals surface area (Å²) in [5.41, 5.74) is 0.633. The second-order valence-corrected chi connectivity index (χ2v) is 6.85. The highest BCUT2D eigenvalue weighted by Gasteiger charge is 2.18. The van der Waals surface area contributed by atoms with Crippen molar-refractivity contribution in [3.05, 3.63) is 73.9 Å². The molecule has 0 aliphatic heterocycles. The summed E-state index contributed by atoms with van der Waals surface area (Å²) >= 11 is 0. The van der Waals surface area contributed by atoms with Gasteiger partial charge in [0.25, 0.3) is 5.95 Å². The van der Waals surface area contributed by atoms with Gasteiger partial charge < -0.3 is 23.0 Å². The molecule has 0 saturated heterocycles. The number of rotatable bonds is 5. The molecule has 2 heterocycles. The first-order chi connectivity index (χ1) is 14.4. The summed E-state index contributed by atoms with van der Waals surface area (Å²) in [6.07, 6.45) is 0.201. The Morgan fingerprint density at radius 1 is 0.833 bits per heavy atom. The summed E-state index contributed by atoms with van der Waals surface area (Å²) in [4.78, 5) is 24.9. The Balaban J connectivity index is 2.07. The molecule has 30 heavy (non-hydrogen) atoms. The molecule has 154 valence electrons. The number of benzene rings is 2. The average Bonchev–Trinajstić information content (AvgIpc) is 2.71. The van der Waals surface area contributed by atoms with Crippen LogP contribution in [-0.2, 0) is 6.42 Å². The van der Waals surface area contributed by atoms with E-state index in [2.05, 4.69) is 0 Å². The van der Waals surface area contributed by atoms with Gasteiger partial charge in [0, 0.05) is 24.6 Å². The van der Waals surface area contributed by atoms with Gasteiger partial charge in [0.05, 0.1) is 38.2 Å². The number of aryl methyl sites for hydroxylation is 1. The minimum atomic E-state index is -0.246. The van der Waals surface area contributed by atoms with Crippen LogP contribution in [0.4, 0.5) is 0 Å². The maximum Gasteiger partial charge on any atom is 0.288 e. The molecule has 0 bridgehead atoms. The van der Waals surface area contributed by atoms with Gasteiger partial charge in [0.15, 0.2) is 10.9 Å². The summed E-state index contributed by atoms with van der Waals surface area (Å²) in [7, 11) is 4.54. The summed E-state index contributed by atoms with van der Waals surface area (Å²) in [5.74, 6) is 2.09. The highest BCUT2D eigenvalue weighted by Crippen LogP contribution is 2.38. The van der Waals surface area contributed by atoms with Gasteiger partial charge in [-0.25, -0.2) is 0 Å². The summed E-state index contributed by atoms with van der Waals surface area (Å²) in [6, 6.07) is 9.51. The van der Waals surface area contributed by atoms with E-state index < -0.39 is 0 Å². The molecule has 0 aliphatic rings. The molecule has 0 saturated carbocycles. The Kier molecular flexibility index (Phi) is 4.95. The Bertz CT molecular complexity index is 1380. The Morgan fingerprint density at radius 2 is 1.63 bits per heavy atom. The molecule has 2 aromatic carbocycles. The molecule has 0 aliphatic carbocycles. The summed E-state index contributed by atoms with van der Waals surface area (Å²) < 4.78 is 27.6. The zero-order chi connectivity index (χ0) is 21.4. The highest BCUT2D eigenvalue weighted by atomic mass is 16.6. The van der Waals surface area contributed by atoms with Gasteiger partial charge in [0.1, 0.15) is 28.6 Å². The third-order valence-corrected chi connectivity index (χ3v) is 4.87. The van der Waals surface area contributed by atoms with E-state index >= 15 is 0 Å². The van der Waals surface area contributed by atoms with Gasteiger partial charge in [-0.05, 0) is 30.0 Å². The predicted molar refractivity (Wildman–Crippen MR) is 112 cm³/mol. The van der Waals surface area contributed by atoms with E-state index in [1.807, 2.05) is 12.1 Å². The summed E-state index contributed by atoms with van der Waals surface area (Å²) in [5, 5.41) is 1.85. The van der Waals surface area contributed by atoms with Crippen LogP contribution in [0.5, 0.6) is 17.4 Å². The number of hydrogen-bond acceptors (Lipinski definition) is 7. The maximum absolute atomic E-state index is 12.9. The molecule has 7 nitrogen and oxygen atoms in total. The fraction of sp³-hybridized carbons (Fsp3) is 0.217. The monoisotopic (exact) mass is 408 g/mol. The lowest BCUT2D eigenvalue weighted by molar-refractivity contribution is 0.286. The molecule has 0 unspecified atom stereocenters. The van der Waals surface area contributed by atoms with Crippen molar-refractivity contribution in [2.24, 2.45) is 0 Å². The molecule has 0 amide bonds. The molecule has 2 aromatic heterocycles. The fourth-order valence-corrected chi connectivity index (χ4v) is 3.62. The predicted octanol–water partition coefficient (Wildman–Crippen LogP) is 3.82. The second-order valence-electron chi connectivity index (χ2n) is 6.85. The maximum atomic E-state index is 12.9. The molecule has 0 fully saturated rings. The summed E-state index contributed by atoms with van der Waals surface area (Å²) in [6.45, 7) is 1.72. The van der Waals surface area contributed by atoms with Crippen molar-refractivity contribution in [1.29, 1.82) is 0 Å². The third kappa shape index (κ3) is 3.39. The molecule has 0 N–H and O–H groups in total. The lowest BCUT2D eigenvalue weighted by Crippen LogP contribution is -2.07. The standard InChI is InChI=1S/C23H20O7/c1-12-5-18(25)21-13(8-17-9-15(24)10-20(28-4)30-17)6-14-7-16(26-2)11-19(27-3)22(14)23(21)29-12/h5-7,9-11H,8H2,1-4H3. The molecular formula is C23H20O7.